The molecule has 4 nitrogen and oxygen atoms in total. The summed E-state index contributed by atoms with van der Waals surface area (Å²) in [6.45, 7) is 4.27. The van der Waals surface area contributed by atoms with Gasteiger partial charge in [-0.1, -0.05) is 53.7 Å². The van der Waals surface area contributed by atoms with E-state index in [0.29, 0.717) is 0 Å². The Hall–Kier alpha value is -3.86. The fourth-order valence-corrected chi connectivity index (χ4v) is 3.71. The van der Waals surface area contributed by atoms with Crippen molar-refractivity contribution in [1.82, 2.24) is 4.57 Å². The van der Waals surface area contributed by atoms with Gasteiger partial charge in [-0.05, 0) is 55.3 Å². The van der Waals surface area contributed by atoms with Crippen LogP contribution in [0.3, 0.4) is 0 Å². The molecule has 1 heterocycles. The molecule has 0 atom stereocenters. The normalized spacial score (nSPS) is 11.4. The SMILES string of the molecule is COc1cccc(-n2c(-c3ccccc3)cc(/C(C)=N\OCc3ccc(F)cc3)c2C)c1. The Labute approximate surface area is 187 Å². The van der Waals surface area contributed by atoms with E-state index in [1.165, 1.54) is 12.1 Å². The summed E-state index contributed by atoms with van der Waals surface area (Å²) in [7, 11) is 1.67. The third kappa shape index (κ3) is 4.57. The van der Waals surface area contributed by atoms with Crippen LogP contribution < -0.4 is 4.74 Å². The molecule has 4 aromatic rings. The lowest BCUT2D eigenvalue weighted by Gasteiger charge is -2.13. The van der Waals surface area contributed by atoms with E-state index < -0.39 is 0 Å². The quantitative estimate of drug-likeness (QED) is 0.247. The second-order valence-corrected chi connectivity index (χ2v) is 7.51. The molecule has 0 radical (unpaired) electrons. The summed E-state index contributed by atoms with van der Waals surface area (Å²) >= 11 is 0. The van der Waals surface area contributed by atoms with Gasteiger partial charge in [0.05, 0.1) is 18.5 Å². The van der Waals surface area contributed by atoms with Gasteiger partial charge >= 0.3 is 0 Å². The highest BCUT2D eigenvalue weighted by atomic mass is 19.1. The zero-order valence-electron chi connectivity index (χ0n) is 18.4. The third-order valence-corrected chi connectivity index (χ3v) is 5.36. The predicted octanol–water partition coefficient (Wildman–Crippen LogP) is 6.54. The summed E-state index contributed by atoms with van der Waals surface area (Å²) < 4.78 is 20.7. The Morgan fingerprint density at radius 2 is 1.69 bits per heavy atom. The van der Waals surface area contributed by atoms with Crippen LogP contribution in [0.4, 0.5) is 4.39 Å². The van der Waals surface area contributed by atoms with Crippen LogP contribution >= 0.6 is 0 Å². The summed E-state index contributed by atoms with van der Waals surface area (Å²) in [4.78, 5) is 5.56. The molecule has 3 aromatic carbocycles. The van der Waals surface area contributed by atoms with Crippen molar-refractivity contribution in [3.63, 3.8) is 0 Å². The Balaban J connectivity index is 1.71. The van der Waals surface area contributed by atoms with Crippen molar-refractivity contribution in [3.8, 4) is 22.7 Å². The second kappa shape index (κ2) is 9.52. The van der Waals surface area contributed by atoms with Crippen LogP contribution in [0.5, 0.6) is 5.75 Å². The average molecular weight is 429 g/mol. The molecule has 0 aliphatic rings. The minimum Gasteiger partial charge on any atom is -0.497 e. The van der Waals surface area contributed by atoms with Gasteiger partial charge in [0.15, 0.2) is 0 Å². The first-order valence-corrected chi connectivity index (χ1v) is 10.4. The van der Waals surface area contributed by atoms with Crippen molar-refractivity contribution in [1.29, 1.82) is 0 Å². The van der Waals surface area contributed by atoms with Gasteiger partial charge in [-0.3, -0.25) is 0 Å². The summed E-state index contributed by atoms with van der Waals surface area (Å²) in [6.07, 6.45) is 0. The van der Waals surface area contributed by atoms with Crippen LogP contribution in [-0.2, 0) is 11.4 Å². The maximum Gasteiger partial charge on any atom is 0.142 e. The first kappa shape index (κ1) is 21.4. The van der Waals surface area contributed by atoms with Crippen LogP contribution in [0.15, 0.2) is 90.1 Å². The zero-order chi connectivity index (χ0) is 22.5. The van der Waals surface area contributed by atoms with Crippen LogP contribution in [0, 0.1) is 12.7 Å². The molecule has 0 aliphatic carbocycles. The lowest BCUT2D eigenvalue weighted by atomic mass is 10.1. The highest BCUT2D eigenvalue weighted by molar-refractivity contribution is 6.01. The Bertz CT molecular complexity index is 1230. The van der Waals surface area contributed by atoms with E-state index >= 15 is 0 Å². The highest BCUT2D eigenvalue weighted by Gasteiger charge is 2.17. The molecule has 32 heavy (non-hydrogen) atoms. The van der Waals surface area contributed by atoms with Gasteiger partial charge in [0.2, 0.25) is 0 Å². The number of halogens is 1. The Morgan fingerprint density at radius 1 is 0.938 bits per heavy atom. The number of aromatic nitrogens is 1. The molecular weight excluding hydrogens is 403 g/mol. The van der Waals surface area contributed by atoms with Crippen molar-refractivity contribution in [2.45, 2.75) is 20.5 Å². The van der Waals surface area contributed by atoms with Crippen molar-refractivity contribution in [3.05, 3.63) is 108 Å². The largest absolute Gasteiger partial charge is 0.497 e. The molecule has 0 spiro atoms. The Kier molecular flexibility index (Phi) is 6.36. The molecule has 0 fully saturated rings. The number of hydrogen-bond donors (Lipinski definition) is 0. The number of hydrogen-bond acceptors (Lipinski definition) is 3. The van der Waals surface area contributed by atoms with E-state index in [9.17, 15) is 4.39 Å². The molecular formula is C27H25FN2O2. The standard InChI is InChI=1S/C27H25FN2O2/c1-19(29-32-18-21-12-14-23(28)15-13-21)26-17-27(22-8-5-4-6-9-22)30(20(26)2)24-10-7-11-25(16-24)31-3/h4-17H,18H2,1-3H3/b29-19-. The van der Waals surface area contributed by atoms with Crippen LogP contribution in [0.25, 0.3) is 16.9 Å². The van der Waals surface area contributed by atoms with Crippen molar-refractivity contribution >= 4 is 5.71 Å². The first-order chi connectivity index (χ1) is 15.6. The van der Waals surface area contributed by atoms with Gasteiger partial charge < -0.3 is 14.1 Å². The molecule has 0 aliphatic heterocycles. The molecule has 5 heteroatoms. The van der Waals surface area contributed by atoms with Crippen LogP contribution in [0.1, 0.15) is 23.7 Å². The summed E-state index contributed by atoms with van der Waals surface area (Å²) in [6, 6.07) is 26.6. The van der Waals surface area contributed by atoms with Crippen molar-refractivity contribution < 1.29 is 14.0 Å². The second-order valence-electron chi connectivity index (χ2n) is 7.51. The van der Waals surface area contributed by atoms with Gasteiger partial charge in [0.25, 0.3) is 0 Å². The molecule has 0 unspecified atom stereocenters. The molecule has 1 aromatic heterocycles. The maximum atomic E-state index is 13.1. The van der Waals surface area contributed by atoms with E-state index in [0.717, 1.165) is 45.2 Å². The van der Waals surface area contributed by atoms with Crippen molar-refractivity contribution in [2.75, 3.05) is 7.11 Å². The molecule has 0 saturated heterocycles. The fraction of sp³-hybridized carbons (Fsp3) is 0.148. The van der Waals surface area contributed by atoms with Gasteiger partial charge in [-0.2, -0.15) is 0 Å². The lowest BCUT2D eigenvalue weighted by Crippen LogP contribution is -2.03. The number of nitrogens with zero attached hydrogens (tertiary/aromatic N) is 2. The summed E-state index contributed by atoms with van der Waals surface area (Å²) in [5.41, 5.74) is 6.83. The summed E-state index contributed by atoms with van der Waals surface area (Å²) in [5, 5.41) is 4.33. The monoisotopic (exact) mass is 428 g/mol. The number of ether oxygens (including phenoxy) is 1. The first-order valence-electron chi connectivity index (χ1n) is 10.4. The van der Waals surface area contributed by atoms with Crippen molar-refractivity contribution in [2.24, 2.45) is 5.16 Å². The Morgan fingerprint density at radius 3 is 2.41 bits per heavy atom. The van der Waals surface area contributed by atoms with E-state index in [2.05, 4.69) is 40.9 Å². The highest BCUT2D eigenvalue weighted by Crippen LogP contribution is 2.31. The fourth-order valence-electron chi connectivity index (χ4n) is 3.71. The molecule has 0 bridgehead atoms. The average Bonchev–Trinajstić information content (AvgIpc) is 3.18. The van der Waals surface area contributed by atoms with Gasteiger partial charge in [-0.25, -0.2) is 4.39 Å². The van der Waals surface area contributed by atoms with Crippen LogP contribution in [-0.4, -0.2) is 17.4 Å². The number of methoxy groups -OCH3 is 1. The van der Waals surface area contributed by atoms with Crippen LogP contribution in [0.2, 0.25) is 0 Å². The maximum absolute atomic E-state index is 13.1. The lowest BCUT2D eigenvalue weighted by molar-refractivity contribution is 0.130. The molecule has 0 saturated carbocycles. The smallest absolute Gasteiger partial charge is 0.142 e. The molecule has 4 rings (SSSR count). The molecule has 0 amide bonds. The third-order valence-electron chi connectivity index (χ3n) is 5.36. The van der Waals surface area contributed by atoms with E-state index in [4.69, 9.17) is 9.57 Å². The topological polar surface area (TPSA) is 35.8 Å². The van der Waals surface area contributed by atoms with E-state index in [1.807, 2.05) is 43.3 Å². The van der Waals surface area contributed by atoms with E-state index in [-0.39, 0.29) is 12.4 Å². The predicted molar refractivity (Wildman–Crippen MR) is 126 cm³/mol. The number of oxime groups is 1. The molecule has 162 valence electrons. The molecule has 0 N–H and O–H groups in total. The van der Waals surface area contributed by atoms with Gasteiger partial charge in [0.1, 0.15) is 18.2 Å². The number of rotatable bonds is 7. The summed E-state index contributed by atoms with van der Waals surface area (Å²) in [5.74, 6) is 0.528. The number of benzene rings is 3. The minimum absolute atomic E-state index is 0.267. The van der Waals surface area contributed by atoms with Gasteiger partial charge in [0, 0.05) is 23.0 Å². The minimum atomic E-state index is -0.267. The van der Waals surface area contributed by atoms with E-state index in [1.54, 1.807) is 19.2 Å². The van der Waals surface area contributed by atoms with Gasteiger partial charge in [-0.15, -0.1) is 0 Å². The zero-order valence-corrected chi connectivity index (χ0v) is 18.4.